The molecule has 2 N–H and O–H groups in total. The first-order valence-corrected chi connectivity index (χ1v) is 13.0. The molecule has 190 valence electrons. The second kappa shape index (κ2) is 9.89. The lowest BCUT2D eigenvalue weighted by atomic mass is 9.83. The molecule has 3 aliphatic heterocycles. The highest BCUT2D eigenvalue weighted by molar-refractivity contribution is 7.80. The van der Waals surface area contributed by atoms with Crippen molar-refractivity contribution in [3.63, 3.8) is 0 Å². The van der Waals surface area contributed by atoms with E-state index in [1.807, 2.05) is 47.0 Å². The number of rotatable bonds is 4. The zero-order valence-corrected chi connectivity index (χ0v) is 21.1. The Bertz CT molecular complexity index is 1390. The summed E-state index contributed by atoms with van der Waals surface area (Å²) in [5.74, 6) is 1.92. The van der Waals surface area contributed by atoms with Gasteiger partial charge >= 0.3 is 0 Å². The molecule has 0 aliphatic carbocycles. The van der Waals surface area contributed by atoms with Crippen LogP contribution in [0.25, 0.3) is 0 Å². The highest BCUT2D eigenvalue weighted by atomic mass is 32.1. The molecule has 0 spiro atoms. The standard InChI is InChI=1S/C28H28N4O4S/c33-26-7-3-4-23-20-12-18(15-32(23)26)14-31(16-20)28(37)30-21-10-8-19(9-11-21)27(34)29-13-22-17-35-24-5-1-2-6-25(24)36-22/h1-11,18,20,22H,12-17H2,(H,29,34)(H,30,37)/t18-,20+,22-/m1/s1. The fourth-order valence-electron chi connectivity index (χ4n) is 5.44. The largest absolute Gasteiger partial charge is 0.486 e. The Morgan fingerprint density at radius 3 is 2.62 bits per heavy atom. The van der Waals surface area contributed by atoms with Crippen molar-refractivity contribution in [3.8, 4) is 11.5 Å². The van der Waals surface area contributed by atoms with Gasteiger partial charge in [-0.05, 0) is 67.0 Å². The number of para-hydroxylation sites is 2. The van der Waals surface area contributed by atoms with Gasteiger partial charge in [0.25, 0.3) is 11.5 Å². The molecule has 8 nitrogen and oxygen atoms in total. The van der Waals surface area contributed by atoms with Crippen LogP contribution in [0.3, 0.4) is 0 Å². The smallest absolute Gasteiger partial charge is 0.251 e. The minimum absolute atomic E-state index is 0.0791. The first-order chi connectivity index (χ1) is 18.0. The Balaban J connectivity index is 1.03. The van der Waals surface area contributed by atoms with E-state index in [2.05, 4.69) is 21.6 Å². The summed E-state index contributed by atoms with van der Waals surface area (Å²) >= 11 is 5.73. The second-order valence-electron chi connectivity index (χ2n) is 9.82. The lowest BCUT2D eigenvalue weighted by Crippen LogP contribution is -2.50. The van der Waals surface area contributed by atoms with E-state index in [9.17, 15) is 9.59 Å². The van der Waals surface area contributed by atoms with Crippen LogP contribution < -0.4 is 25.7 Å². The van der Waals surface area contributed by atoms with Crippen molar-refractivity contribution in [2.75, 3.05) is 31.6 Å². The Morgan fingerprint density at radius 2 is 1.78 bits per heavy atom. The van der Waals surface area contributed by atoms with Gasteiger partial charge in [0.15, 0.2) is 16.6 Å². The van der Waals surface area contributed by atoms with Crippen molar-refractivity contribution in [2.45, 2.75) is 25.0 Å². The number of aromatic nitrogens is 1. The van der Waals surface area contributed by atoms with Crippen LogP contribution in [0.2, 0.25) is 0 Å². The number of hydrogen-bond acceptors (Lipinski definition) is 5. The third kappa shape index (κ3) is 4.91. The fourth-order valence-corrected chi connectivity index (χ4v) is 5.71. The zero-order valence-electron chi connectivity index (χ0n) is 20.3. The molecule has 2 aromatic carbocycles. The number of fused-ring (bicyclic) bond motifs is 5. The number of hydrogen-bond donors (Lipinski definition) is 2. The normalized spacial score (nSPS) is 21.5. The summed E-state index contributed by atoms with van der Waals surface area (Å²) in [5.41, 5.74) is 2.56. The van der Waals surface area contributed by atoms with E-state index >= 15 is 0 Å². The minimum atomic E-state index is -0.244. The van der Waals surface area contributed by atoms with Crippen LogP contribution in [0.5, 0.6) is 11.5 Å². The Labute approximate surface area is 220 Å². The number of ether oxygens (including phenoxy) is 2. The van der Waals surface area contributed by atoms with Crippen LogP contribution in [0.1, 0.15) is 28.4 Å². The zero-order chi connectivity index (χ0) is 25.4. The lowest BCUT2D eigenvalue weighted by Gasteiger charge is -2.43. The minimum Gasteiger partial charge on any atom is -0.486 e. The van der Waals surface area contributed by atoms with Crippen LogP contribution >= 0.6 is 12.2 Å². The Morgan fingerprint density at radius 1 is 0.973 bits per heavy atom. The van der Waals surface area contributed by atoms with Crippen LogP contribution in [-0.2, 0) is 6.54 Å². The molecule has 3 atom stereocenters. The van der Waals surface area contributed by atoms with Gasteiger partial charge < -0.3 is 29.6 Å². The van der Waals surface area contributed by atoms with E-state index in [0.717, 1.165) is 43.2 Å². The predicted octanol–water partition coefficient (Wildman–Crippen LogP) is 3.23. The quantitative estimate of drug-likeness (QED) is 0.515. The predicted molar refractivity (Wildman–Crippen MR) is 144 cm³/mol. The highest BCUT2D eigenvalue weighted by Gasteiger charge is 2.35. The van der Waals surface area contributed by atoms with Gasteiger partial charge in [-0.25, -0.2) is 0 Å². The van der Waals surface area contributed by atoms with Crippen LogP contribution in [0, 0.1) is 5.92 Å². The van der Waals surface area contributed by atoms with Gasteiger partial charge in [0.05, 0.1) is 6.54 Å². The summed E-state index contributed by atoms with van der Waals surface area (Å²) in [5, 5.41) is 6.90. The Hall–Kier alpha value is -3.85. The maximum absolute atomic E-state index is 12.7. The topological polar surface area (TPSA) is 84.8 Å². The molecule has 2 bridgehead atoms. The number of nitrogens with one attached hydrogen (secondary N) is 2. The van der Waals surface area contributed by atoms with Crippen molar-refractivity contribution in [1.82, 2.24) is 14.8 Å². The monoisotopic (exact) mass is 516 g/mol. The fraction of sp³-hybridized carbons (Fsp3) is 0.321. The van der Waals surface area contributed by atoms with Crippen molar-refractivity contribution in [3.05, 3.63) is 88.3 Å². The van der Waals surface area contributed by atoms with Crippen molar-refractivity contribution in [2.24, 2.45) is 5.92 Å². The number of carbonyl (C=O) groups excluding carboxylic acids is 1. The average Bonchev–Trinajstić information content (AvgIpc) is 2.92. The molecule has 3 aromatic rings. The third-order valence-corrected chi connectivity index (χ3v) is 7.58. The summed E-state index contributed by atoms with van der Waals surface area (Å²) in [6, 6.07) is 20.3. The number of likely N-dealkylation sites (tertiary alicyclic amines) is 1. The first kappa shape index (κ1) is 23.5. The molecule has 4 heterocycles. The number of benzene rings is 2. The summed E-state index contributed by atoms with van der Waals surface area (Å²) in [6.07, 6.45) is 0.837. The van der Waals surface area contributed by atoms with E-state index in [4.69, 9.17) is 21.7 Å². The van der Waals surface area contributed by atoms with Crippen molar-refractivity contribution >= 4 is 28.9 Å². The number of amides is 1. The summed E-state index contributed by atoms with van der Waals surface area (Å²) in [7, 11) is 0. The molecule has 1 aromatic heterocycles. The SMILES string of the molecule is O=C(NC[C@@H]1COc2ccccc2O1)c1ccc(NC(=S)N2C[C@H]3C[C@@H](C2)c2cccc(=O)n2C3)cc1. The molecule has 6 rings (SSSR count). The molecule has 9 heteroatoms. The molecule has 1 saturated heterocycles. The maximum Gasteiger partial charge on any atom is 0.251 e. The molecular weight excluding hydrogens is 488 g/mol. The van der Waals surface area contributed by atoms with Gasteiger partial charge in [0.1, 0.15) is 12.7 Å². The van der Waals surface area contributed by atoms with Gasteiger partial charge in [-0.15, -0.1) is 0 Å². The second-order valence-corrected chi connectivity index (χ2v) is 10.2. The molecule has 0 radical (unpaired) electrons. The molecule has 0 saturated carbocycles. The number of piperidine rings is 1. The van der Waals surface area contributed by atoms with Crippen LogP contribution in [-0.4, -0.2) is 52.8 Å². The average molecular weight is 517 g/mol. The lowest BCUT2D eigenvalue weighted by molar-refractivity contribution is 0.0789. The van der Waals surface area contributed by atoms with E-state index in [0.29, 0.717) is 41.4 Å². The van der Waals surface area contributed by atoms with Gasteiger partial charge in [0, 0.05) is 48.6 Å². The molecule has 37 heavy (non-hydrogen) atoms. The van der Waals surface area contributed by atoms with Crippen LogP contribution in [0.15, 0.2) is 71.5 Å². The number of pyridine rings is 1. The van der Waals surface area contributed by atoms with Gasteiger partial charge in [-0.2, -0.15) is 0 Å². The number of carbonyl (C=O) groups is 1. The summed E-state index contributed by atoms with van der Waals surface area (Å²) in [4.78, 5) is 27.1. The van der Waals surface area contributed by atoms with E-state index in [1.165, 1.54) is 0 Å². The number of thiocarbonyl (C=S) groups is 1. The molecule has 1 amide bonds. The molecular formula is C28H28N4O4S. The first-order valence-electron chi connectivity index (χ1n) is 12.6. The van der Waals surface area contributed by atoms with E-state index in [1.54, 1.807) is 18.2 Å². The molecule has 3 aliphatic rings. The number of nitrogens with zero attached hydrogens (tertiary/aromatic N) is 2. The van der Waals surface area contributed by atoms with Gasteiger partial charge in [-0.3, -0.25) is 9.59 Å². The third-order valence-electron chi connectivity index (χ3n) is 7.22. The van der Waals surface area contributed by atoms with Crippen LogP contribution in [0.4, 0.5) is 5.69 Å². The summed E-state index contributed by atoms with van der Waals surface area (Å²) < 4.78 is 13.5. The molecule has 0 unspecified atom stereocenters. The van der Waals surface area contributed by atoms with Crippen molar-refractivity contribution in [1.29, 1.82) is 0 Å². The Kier molecular flexibility index (Phi) is 6.30. The van der Waals surface area contributed by atoms with E-state index < -0.39 is 0 Å². The van der Waals surface area contributed by atoms with E-state index in [-0.39, 0.29) is 17.6 Å². The molecule has 1 fully saturated rings. The van der Waals surface area contributed by atoms with Gasteiger partial charge in [0.2, 0.25) is 0 Å². The number of anilines is 1. The van der Waals surface area contributed by atoms with Gasteiger partial charge in [-0.1, -0.05) is 18.2 Å². The highest BCUT2D eigenvalue weighted by Crippen LogP contribution is 2.35. The van der Waals surface area contributed by atoms with Crippen molar-refractivity contribution < 1.29 is 14.3 Å². The summed E-state index contributed by atoms with van der Waals surface area (Å²) in [6.45, 7) is 3.08. The maximum atomic E-state index is 12.7.